The summed E-state index contributed by atoms with van der Waals surface area (Å²) in [5.41, 5.74) is 2.10. The molecule has 1 aromatic carbocycles. The van der Waals surface area contributed by atoms with Crippen LogP contribution in [0.25, 0.3) is 5.65 Å². The van der Waals surface area contributed by atoms with Crippen LogP contribution < -0.4 is 4.74 Å². The topological polar surface area (TPSA) is 39.4 Å². The number of aromatic nitrogens is 3. The van der Waals surface area contributed by atoms with Gasteiger partial charge in [-0.2, -0.15) is 0 Å². The Morgan fingerprint density at radius 1 is 1.16 bits per heavy atom. The first kappa shape index (κ1) is 12.0. The Bertz CT molecular complexity index is 645. The van der Waals surface area contributed by atoms with Gasteiger partial charge >= 0.3 is 0 Å². The minimum Gasteiger partial charge on any atom is -0.497 e. The normalized spacial score (nSPS) is 10.8. The van der Waals surface area contributed by atoms with Gasteiger partial charge in [0.1, 0.15) is 5.75 Å². The van der Waals surface area contributed by atoms with Gasteiger partial charge in [0.05, 0.1) is 7.11 Å². The van der Waals surface area contributed by atoms with E-state index in [1.807, 2.05) is 36.5 Å². The molecule has 0 spiro atoms. The third-order valence-electron chi connectivity index (χ3n) is 2.75. The number of nitrogens with zero attached hydrogens (tertiary/aromatic N) is 3. The molecule has 0 amide bonds. The molecule has 0 fully saturated rings. The maximum atomic E-state index is 5.14. The Morgan fingerprint density at radius 2 is 2.00 bits per heavy atom. The summed E-state index contributed by atoms with van der Waals surface area (Å²) in [6.07, 6.45) is 1.90. The number of rotatable bonds is 4. The van der Waals surface area contributed by atoms with Crippen molar-refractivity contribution in [3.8, 4) is 5.75 Å². The van der Waals surface area contributed by atoms with Crippen molar-refractivity contribution in [2.75, 3.05) is 7.11 Å². The Morgan fingerprint density at radius 3 is 2.74 bits per heavy atom. The third kappa shape index (κ3) is 2.71. The first-order chi connectivity index (χ1) is 9.35. The highest BCUT2D eigenvalue weighted by Gasteiger charge is 2.04. The molecule has 0 unspecified atom stereocenters. The van der Waals surface area contributed by atoms with E-state index in [-0.39, 0.29) is 0 Å². The van der Waals surface area contributed by atoms with E-state index >= 15 is 0 Å². The van der Waals surface area contributed by atoms with Crippen LogP contribution in [-0.4, -0.2) is 21.7 Å². The fourth-order valence-corrected chi connectivity index (χ4v) is 2.53. The molecule has 0 aliphatic carbocycles. The SMILES string of the molecule is COc1ccc(CSc2nc3ccccn3n2)cc1. The molecule has 0 saturated carbocycles. The lowest BCUT2D eigenvalue weighted by atomic mass is 10.2. The molecule has 96 valence electrons. The Balaban J connectivity index is 1.70. The maximum absolute atomic E-state index is 5.14. The predicted molar refractivity (Wildman–Crippen MR) is 75.5 cm³/mol. The van der Waals surface area contributed by atoms with Crippen molar-refractivity contribution in [1.82, 2.24) is 14.6 Å². The second kappa shape index (κ2) is 5.32. The number of benzene rings is 1. The molecule has 0 aliphatic rings. The summed E-state index contributed by atoms with van der Waals surface area (Å²) in [6, 6.07) is 13.9. The lowest BCUT2D eigenvalue weighted by molar-refractivity contribution is 0.414. The van der Waals surface area contributed by atoms with Crippen LogP contribution >= 0.6 is 11.8 Å². The van der Waals surface area contributed by atoms with Gasteiger partial charge in [0.25, 0.3) is 0 Å². The van der Waals surface area contributed by atoms with E-state index in [9.17, 15) is 0 Å². The van der Waals surface area contributed by atoms with Gasteiger partial charge in [0.2, 0.25) is 5.16 Å². The minimum atomic E-state index is 0.794. The van der Waals surface area contributed by atoms with Crippen LogP contribution in [0.3, 0.4) is 0 Å². The molecule has 2 aromatic heterocycles. The van der Waals surface area contributed by atoms with E-state index in [2.05, 4.69) is 22.2 Å². The second-order valence-electron chi connectivity index (χ2n) is 4.03. The quantitative estimate of drug-likeness (QED) is 0.684. The Hall–Kier alpha value is -2.01. The van der Waals surface area contributed by atoms with Crippen molar-refractivity contribution >= 4 is 17.4 Å². The van der Waals surface area contributed by atoms with Gasteiger partial charge in [-0.15, -0.1) is 5.10 Å². The average molecular weight is 271 g/mol. The van der Waals surface area contributed by atoms with Crippen molar-refractivity contribution in [1.29, 1.82) is 0 Å². The van der Waals surface area contributed by atoms with Crippen molar-refractivity contribution in [2.45, 2.75) is 10.9 Å². The maximum Gasteiger partial charge on any atom is 0.209 e. The van der Waals surface area contributed by atoms with Crippen LogP contribution in [0.2, 0.25) is 0 Å². The van der Waals surface area contributed by atoms with E-state index in [0.717, 1.165) is 22.3 Å². The van der Waals surface area contributed by atoms with Crippen LogP contribution in [0.15, 0.2) is 53.8 Å². The summed E-state index contributed by atoms with van der Waals surface area (Å²) in [6.45, 7) is 0. The number of methoxy groups -OCH3 is 1. The van der Waals surface area contributed by atoms with Crippen molar-refractivity contribution in [3.05, 3.63) is 54.2 Å². The van der Waals surface area contributed by atoms with E-state index in [1.165, 1.54) is 5.56 Å². The fourth-order valence-electron chi connectivity index (χ4n) is 1.74. The van der Waals surface area contributed by atoms with Gasteiger partial charge in [0.15, 0.2) is 5.65 Å². The number of hydrogen-bond acceptors (Lipinski definition) is 4. The number of hydrogen-bond donors (Lipinski definition) is 0. The van der Waals surface area contributed by atoms with Gasteiger partial charge in [-0.25, -0.2) is 9.50 Å². The lowest BCUT2D eigenvalue weighted by Crippen LogP contribution is -1.86. The van der Waals surface area contributed by atoms with Crippen molar-refractivity contribution < 1.29 is 4.74 Å². The summed E-state index contributed by atoms with van der Waals surface area (Å²) >= 11 is 1.63. The largest absolute Gasteiger partial charge is 0.497 e. The highest BCUT2D eigenvalue weighted by atomic mass is 32.2. The fraction of sp³-hybridized carbons (Fsp3) is 0.143. The van der Waals surface area contributed by atoms with Gasteiger partial charge < -0.3 is 4.74 Å². The Labute approximate surface area is 115 Å². The number of pyridine rings is 1. The molecule has 5 heteroatoms. The van der Waals surface area contributed by atoms with Crippen LogP contribution in [0.1, 0.15) is 5.56 Å². The molecule has 3 aromatic rings. The zero-order valence-corrected chi connectivity index (χ0v) is 11.3. The molecule has 19 heavy (non-hydrogen) atoms. The summed E-state index contributed by atoms with van der Waals surface area (Å²) in [7, 11) is 1.67. The molecular weight excluding hydrogens is 258 g/mol. The lowest BCUT2D eigenvalue weighted by Gasteiger charge is -2.01. The summed E-state index contributed by atoms with van der Waals surface area (Å²) < 4.78 is 6.93. The molecule has 0 saturated heterocycles. The summed E-state index contributed by atoms with van der Waals surface area (Å²) in [4.78, 5) is 4.45. The van der Waals surface area contributed by atoms with Crippen LogP contribution in [-0.2, 0) is 5.75 Å². The highest BCUT2D eigenvalue weighted by molar-refractivity contribution is 7.98. The molecule has 3 rings (SSSR count). The van der Waals surface area contributed by atoms with Crippen molar-refractivity contribution in [3.63, 3.8) is 0 Å². The van der Waals surface area contributed by atoms with E-state index in [0.29, 0.717) is 0 Å². The molecule has 0 atom stereocenters. The molecular formula is C14H13N3OS. The number of fused-ring (bicyclic) bond motifs is 1. The minimum absolute atomic E-state index is 0.794. The smallest absolute Gasteiger partial charge is 0.209 e. The summed E-state index contributed by atoms with van der Waals surface area (Å²) in [5, 5.41) is 5.20. The zero-order valence-electron chi connectivity index (χ0n) is 10.5. The van der Waals surface area contributed by atoms with Crippen molar-refractivity contribution in [2.24, 2.45) is 0 Å². The zero-order chi connectivity index (χ0) is 13.1. The van der Waals surface area contributed by atoms with Gasteiger partial charge in [-0.1, -0.05) is 30.0 Å². The highest BCUT2D eigenvalue weighted by Crippen LogP contribution is 2.21. The number of ether oxygens (including phenoxy) is 1. The molecule has 0 N–H and O–H groups in total. The predicted octanol–water partition coefficient (Wildman–Crippen LogP) is 3.03. The Kier molecular flexibility index (Phi) is 3.37. The van der Waals surface area contributed by atoms with Gasteiger partial charge in [-0.3, -0.25) is 0 Å². The summed E-state index contributed by atoms with van der Waals surface area (Å²) in [5.74, 6) is 1.72. The first-order valence-corrected chi connectivity index (χ1v) is 6.91. The van der Waals surface area contributed by atoms with Gasteiger partial charge in [0, 0.05) is 11.9 Å². The van der Waals surface area contributed by atoms with E-state index in [1.54, 1.807) is 23.4 Å². The molecule has 0 aliphatic heterocycles. The van der Waals surface area contributed by atoms with Crippen LogP contribution in [0.5, 0.6) is 5.75 Å². The number of thioether (sulfide) groups is 1. The van der Waals surface area contributed by atoms with E-state index < -0.39 is 0 Å². The van der Waals surface area contributed by atoms with E-state index in [4.69, 9.17) is 4.74 Å². The molecule has 0 bridgehead atoms. The standard InChI is InChI=1S/C14H13N3OS/c1-18-12-7-5-11(6-8-12)10-19-14-15-13-4-2-3-9-17(13)16-14/h2-9H,10H2,1H3. The van der Waals surface area contributed by atoms with Crippen LogP contribution in [0.4, 0.5) is 0 Å². The molecule has 2 heterocycles. The van der Waals surface area contributed by atoms with Crippen LogP contribution in [0, 0.1) is 0 Å². The van der Waals surface area contributed by atoms with Gasteiger partial charge in [-0.05, 0) is 29.8 Å². The first-order valence-electron chi connectivity index (χ1n) is 5.92. The second-order valence-corrected chi connectivity index (χ2v) is 4.98. The third-order valence-corrected chi connectivity index (χ3v) is 3.66. The molecule has 4 nitrogen and oxygen atoms in total. The average Bonchev–Trinajstić information content (AvgIpc) is 2.88. The monoisotopic (exact) mass is 271 g/mol. The molecule has 0 radical (unpaired) electrons.